The Balaban J connectivity index is 1.23. The third kappa shape index (κ3) is 5.20. The number of esters is 1. The molecule has 0 saturated heterocycles. The molecule has 0 aliphatic heterocycles. The molecule has 5 aromatic rings. The van der Waals surface area contributed by atoms with Crippen LogP contribution in [0.15, 0.2) is 77.6 Å². The lowest BCUT2D eigenvalue weighted by atomic mass is 10.0. The second-order valence-electron chi connectivity index (χ2n) is 9.39. The van der Waals surface area contributed by atoms with Crippen molar-refractivity contribution in [3.05, 3.63) is 105 Å². The molecule has 1 saturated carbocycles. The second-order valence-corrected chi connectivity index (χ2v) is 10.6. The summed E-state index contributed by atoms with van der Waals surface area (Å²) in [6.45, 7) is 0.219. The molecule has 10 heteroatoms. The second kappa shape index (κ2) is 11.0. The van der Waals surface area contributed by atoms with E-state index in [1.807, 2.05) is 24.4 Å². The van der Waals surface area contributed by atoms with E-state index in [9.17, 15) is 4.79 Å². The zero-order chi connectivity index (χ0) is 27.8. The van der Waals surface area contributed by atoms with E-state index in [-0.39, 0.29) is 6.61 Å². The van der Waals surface area contributed by atoms with Crippen molar-refractivity contribution in [3.63, 3.8) is 0 Å². The SMILES string of the molecule is COC(=O)c1cccc(-n2cc(-c3ccc(OCc4c(-c5c(Cl)cccc5Cl)noc4C4CC4)cc3Cl)cn2)c1. The molecule has 0 amide bonds. The number of hydrogen-bond acceptors (Lipinski definition) is 6. The molecule has 2 aromatic heterocycles. The number of ether oxygens (including phenoxy) is 2. The number of methoxy groups -OCH3 is 1. The van der Waals surface area contributed by atoms with Gasteiger partial charge in [-0.05, 0) is 61.4 Å². The van der Waals surface area contributed by atoms with Crippen LogP contribution in [0.4, 0.5) is 0 Å². The molecule has 0 atom stereocenters. The van der Waals surface area contributed by atoms with E-state index in [0.717, 1.165) is 41.0 Å². The predicted octanol–water partition coefficient (Wildman–Crippen LogP) is 8.40. The van der Waals surface area contributed by atoms with Crippen LogP contribution in [-0.4, -0.2) is 28.0 Å². The molecule has 1 aliphatic carbocycles. The normalized spacial score (nSPS) is 12.9. The average molecular weight is 595 g/mol. The Morgan fingerprint density at radius 1 is 1.02 bits per heavy atom. The monoisotopic (exact) mass is 593 g/mol. The van der Waals surface area contributed by atoms with Gasteiger partial charge in [0.15, 0.2) is 0 Å². The first kappa shape index (κ1) is 26.4. The Bertz CT molecular complexity index is 1700. The highest BCUT2D eigenvalue weighted by Gasteiger charge is 2.33. The molecule has 7 nitrogen and oxygen atoms in total. The van der Waals surface area contributed by atoms with Gasteiger partial charge in [-0.15, -0.1) is 0 Å². The maximum atomic E-state index is 11.9. The Morgan fingerprint density at radius 3 is 2.52 bits per heavy atom. The third-order valence-corrected chi connectivity index (χ3v) is 7.66. The number of aromatic nitrogens is 3. The Hall–Kier alpha value is -3.78. The van der Waals surface area contributed by atoms with Crippen LogP contribution in [0.1, 0.15) is 40.4 Å². The molecular formula is C30H22Cl3N3O4. The Morgan fingerprint density at radius 2 is 1.80 bits per heavy atom. The van der Waals surface area contributed by atoms with Crippen LogP contribution in [0.3, 0.4) is 0 Å². The van der Waals surface area contributed by atoms with E-state index in [1.54, 1.807) is 53.3 Å². The minimum absolute atomic E-state index is 0.219. The van der Waals surface area contributed by atoms with Gasteiger partial charge in [-0.3, -0.25) is 0 Å². The van der Waals surface area contributed by atoms with Crippen molar-refractivity contribution in [2.75, 3.05) is 7.11 Å². The smallest absolute Gasteiger partial charge is 0.337 e. The van der Waals surface area contributed by atoms with E-state index in [4.69, 9.17) is 48.8 Å². The van der Waals surface area contributed by atoms with E-state index >= 15 is 0 Å². The molecule has 0 N–H and O–H groups in total. The minimum Gasteiger partial charge on any atom is -0.489 e. The first-order valence-corrected chi connectivity index (χ1v) is 13.6. The summed E-state index contributed by atoms with van der Waals surface area (Å²) in [6.07, 6.45) is 5.64. The molecule has 1 aliphatic rings. The molecule has 0 spiro atoms. The Kier molecular flexibility index (Phi) is 7.27. The fourth-order valence-corrected chi connectivity index (χ4v) is 5.38. The fraction of sp³-hybridized carbons (Fsp3) is 0.167. The van der Waals surface area contributed by atoms with E-state index in [0.29, 0.717) is 43.6 Å². The first-order valence-electron chi connectivity index (χ1n) is 12.5. The van der Waals surface area contributed by atoms with Crippen molar-refractivity contribution in [2.45, 2.75) is 25.4 Å². The summed E-state index contributed by atoms with van der Waals surface area (Å²) in [5.74, 6) is 1.30. The third-order valence-electron chi connectivity index (χ3n) is 6.72. The van der Waals surface area contributed by atoms with Crippen molar-refractivity contribution < 1.29 is 18.8 Å². The molecule has 2 heterocycles. The number of halogens is 3. The molecule has 202 valence electrons. The topological polar surface area (TPSA) is 79.4 Å². The molecule has 40 heavy (non-hydrogen) atoms. The van der Waals surface area contributed by atoms with Gasteiger partial charge in [0.25, 0.3) is 0 Å². The number of benzene rings is 3. The summed E-state index contributed by atoms with van der Waals surface area (Å²) in [7, 11) is 1.35. The van der Waals surface area contributed by atoms with E-state index in [1.165, 1.54) is 7.11 Å². The van der Waals surface area contributed by atoms with Gasteiger partial charge in [0.2, 0.25) is 0 Å². The van der Waals surface area contributed by atoms with Gasteiger partial charge >= 0.3 is 5.97 Å². The molecule has 6 rings (SSSR count). The van der Waals surface area contributed by atoms with Crippen molar-refractivity contribution in [1.29, 1.82) is 0 Å². The van der Waals surface area contributed by atoms with Gasteiger partial charge in [0, 0.05) is 28.8 Å². The number of nitrogens with zero attached hydrogens (tertiary/aromatic N) is 3. The molecule has 0 unspecified atom stereocenters. The van der Waals surface area contributed by atoms with Crippen LogP contribution in [0.5, 0.6) is 5.75 Å². The largest absolute Gasteiger partial charge is 0.489 e. The lowest BCUT2D eigenvalue weighted by Crippen LogP contribution is -2.03. The molecule has 0 bridgehead atoms. The van der Waals surface area contributed by atoms with Crippen molar-refractivity contribution in [1.82, 2.24) is 14.9 Å². The summed E-state index contributed by atoms with van der Waals surface area (Å²) in [6, 6.07) is 17.9. The van der Waals surface area contributed by atoms with Crippen molar-refractivity contribution in [3.8, 4) is 33.8 Å². The van der Waals surface area contributed by atoms with Crippen LogP contribution in [0, 0.1) is 0 Å². The van der Waals surface area contributed by atoms with Crippen LogP contribution in [-0.2, 0) is 11.3 Å². The number of carbonyl (C=O) groups excluding carboxylic acids is 1. The van der Waals surface area contributed by atoms with Crippen LogP contribution in [0.2, 0.25) is 15.1 Å². The fourth-order valence-electron chi connectivity index (χ4n) is 4.52. The summed E-state index contributed by atoms with van der Waals surface area (Å²) in [5.41, 5.74) is 4.80. The predicted molar refractivity (Wildman–Crippen MR) is 154 cm³/mol. The quantitative estimate of drug-likeness (QED) is 0.168. The molecular weight excluding hydrogens is 573 g/mol. The van der Waals surface area contributed by atoms with Gasteiger partial charge in [0.05, 0.1) is 45.2 Å². The molecule has 1 fully saturated rings. The Labute approximate surface area is 245 Å². The van der Waals surface area contributed by atoms with Crippen molar-refractivity contribution in [2.24, 2.45) is 0 Å². The van der Waals surface area contributed by atoms with Gasteiger partial charge in [0.1, 0.15) is 23.8 Å². The standard InChI is InChI=1S/C30H22Cl3N3O4/c1-38-30(37)18-4-2-5-20(12-18)36-15-19(14-34-36)22-11-10-21(13-26(22)33)39-16-23-28(35-40-29(23)17-8-9-17)27-24(31)6-3-7-25(27)32/h2-7,10-15,17H,8-9,16H2,1H3. The highest BCUT2D eigenvalue weighted by molar-refractivity contribution is 6.39. The van der Waals surface area contributed by atoms with Gasteiger partial charge < -0.3 is 14.0 Å². The lowest BCUT2D eigenvalue weighted by molar-refractivity contribution is 0.0600. The van der Waals surface area contributed by atoms with E-state index < -0.39 is 5.97 Å². The van der Waals surface area contributed by atoms with Gasteiger partial charge in [-0.2, -0.15) is 5.10 Å². The van der Waals surface area contributed by atoms with Gasteiger partial charge in [-0.25, -0.2) is 9.48 Å². The molecule has 0 radical (unpaired) electrons. The number of hydrogen-bond donors (Lipinski definition) is 0. The average Bonchev–Trinajstić information content (AvgIpc) is 3.53. The maximum absolute atomic E-state index is 11.9. The highest BCUT2D eigenvalue weighted by atomic mass is 35.5. The zero-order valence-electron chi connectivity index (χ0n) is 21.2. The maximum Gasteiger partial charge on any atom is 0.337 e. The van der Waals surface area contributed by atoms with Crippen LogP contribution in [0.25, 0.3) is 28.1 Å². The first-order chi connectivity index (χ1) is 19.4. The van der Waals surface area contributed by atoms with Crippen LogP contribution < -0.4 is 4.74 Å². The van der Waals surface area contributed by atoms with Gasteiger partial charge in [-0.1, -0.05) is 52.1 Å². The van der Waals surface area contributed by atoms with Crippen LogP contribution >= 0.6 is 34.8 Å². The van der Waals surface area contributed by atoms with Crippen molar-refractivity contribution >= 4 is 40.8 Å². The minimum atomic E-state index is -0.412. The summed E-state index contributed by atoms with van der Waals surface area (Å²) >= 11 is 19.6. The van der Waals surface area contributed by atoms with E-state index in [2.05, 4.69) is 10.3 Å². The zero-order valence-corrected chi connectivity index (χ0v) is 23.5. The number of rotatable bonds is 8. The molecule has 3 aromatic carbocycles. The summed E-state index contributed by atoms with van der Waals surface area (Å²) < 4.78 is 18.4. The number of carbonyl (C=O) groups is 1. The lowest BCUT2D eigenvalue weighted by Gasteiger charge is -2.11. The summed E-state index contributed by atoms with van der Waals surface area (Å²) in [4.78, 5) is 11.9. The summed E-state index contributed by atoms with van der Waals surface area (Å²) in [5, 5.41) is 10.3. The highest BCUT2D eigenvalue weighted by Crippen LogP contribution is 2.46.